The standard InChI is InChI=1S/C14H19ClN2OS/c15-12-5-3-11(4-6-12)13-10-19-9-8-17(13)14(18)2-1-7-16/h3-6,13H,1-2,7-10,16H2. The van der Waals surface area contributed by atoms with Gasteiger partial charge in [0.2, 0.25) is 5.91 Å². The average Bonchev–Trinajstić information content (AvgIpc) is 2.45. The summed E-state index contributed by atoms with van der Waals surface area (Å²) in [6, 6.07) is 7.97. The van der Waals surface area contributed by atoms with Gasteiger partial charge in [0, 0.05) is 29.5 Å². The summed E-state index contributed by atoms with van der Waals surface area (Å²) in [4.78, 5) is 14.2. The molecule has 1 heterocycles. The fraction of sp³-hybridized carbons (Fsp3) is 0.500. The maximum Gasteiger partial charge on any atom is 0.223 e. The zero-order chi connectivity index (χ0) is 13.7. The largest absolute Gasteiger partial charge is 0.334 e. The third-order valence-electron chi connectivity index (χ3n) is 3.30. The molecule has 1 unspecified atom stereocenters. The van der Waals surface area contributed by atoms with Gasteiger partial charge in [0.1, 0.15) is 0 Å². The second kappa shape index (κ2) is 7.17. The number of hydrogen-bond acceptors (Lipinski definition) is 3. The lowest BCUT2D eigenvalue weighted by Gasteiger charge is -2.36. The predicted octanol–water partition coefficient (Wildman–Crippen LogP) is 2.70. The van der Waals surface area contributed by atoms with E-state index in [0.717, 1.165) is 35.1 Å². The first-order valence-corrected chi connectivity index (χ1v) is 8.08. The monoisotopic (exact) mass is 298 g/mol. The van der Waals surface area contributed by atoms with Crippen molar-refractivity contribution in [2.45, 2.75) is 18.9 Å². The Morgan fingerprint density at radius 3 is 2.84 bits per heavy atom. The highest BCUT2D eigenvalue weighted by atomic mass is 35.5. The van der Waals surface area contributed by atoms with Gasteiger partial charge in [0.05, 0.1) is 6.04 Å². The van der Waals surface area contributed by atoms with Crippen LogP contribution >= 0.6 is 23.4 Å². The summed E-state index contributed by atoms with van der Waals surface area (Å²) in [7, 11) is 0. The van der Waals surface area contributed by atoms with Gasteiger partial charge in [-0.25, -0.2) is 0 Å². The topological polar surface area (TPSA) is 46.3 Å². The zero-order valence-electron chi connectivity index (χ0n) is 10.8. The molecule has 1 aliphatic heterocycles. The summed E-state index contributed by atoms with van der Waals surface area (Å²) in [5.41, 5.74) is 6.64. The number of carbonyl (C=O) groups is 1. The molecule has 1 aromatic rings. The minimum absolute atomic E-state index is 0.168. The fourth-order valence-electron chi connectivity index (χ4n) is 2.26. The van der Waals surface area contributed by atoms with Gasteiger partial charge >= 0.3 is 0 Å². The average molecular weight is 299 g/mol. The number of amides is 1. The second-order valence-electron chi connectivity index (χ2n) is 4.62. The van der Waals surface area contributed by atoms with E-state index in [2.05, 4.69) is 0 Å². The molecule has 19 heavy (non-hydrogen) atoms. The van der Waals surface area contributed by atoms with Crippen molar-refractivity contribution in [1.29, 1.82) is 0 Å². The molecular weight excluding hydrogens is 280 g/mol. The minimum atomic E-state index is 0.168. The Labute approximate surface area is 123 Å². The van der Waals surface area contributed by atoms with Crippen molar-refractivity contribution in [1.82, 2.24) is 4.90 Å². The third-order valence-corrected chi connectivity index (χ3v) is 4.57. The molecule has 0 radical (unpaired) electrons. The lowest BCUT2D eigenvalue weighted by atomic mass is 10.1. The molecule has 0 spiro atoms. The van der Waals surface area contributed by atoms with E-state index in [-0.39, 0.29) is 11.9 Å². The second-order valence-corrected chi connectivity index (χ2v) is 6.21. The first-order chi connectivity index (χ1) is 9.22. The van der Waals surface area contributed by atoms with Gasteiger partial charge in [-0.2, -0.15) is 11.8 Å². The van der Waals surface area contributed by atoms with E-state index in [0.29, 0.717) is 13.0 Å². The summed E-state index contributed by atoms with van der Waals surface area (Å²) in [5.74, 6) is 2.18. The van der Waals surface area contributed by atoms with Crippen molar-refractivity contribution in [2.75, 3.05) is 24.6 Å². The van der Waals surface area contributed by atoms with E-state index >= 15 is 0 Å². The summed E-state index contributed by atoms with van der Waals surface area (Å²) >= 11 is 7.81. The Kier molecular flexibility index (Phi) is 5.55. The molecule has 3 nitrogen and oxygen atoms in total. The summed E-state index contributed by atoms with van der Waals surface area (Å²) in [5, 5.41) is 0.730. The number of rotatable bonds is 4. The normalized spacial score (nSPS) is 19.5. The van der Waals surface area contributed by atoms with Crippen LogP contribution in [-0.4, -0.2) is 35.4 Å². The van der Waals surface area contributed by atoms with Crippen LogP contribution in [0.15, 0.2) is 24.3 Å². The lowest BCUT2D eigenvalue weighted by molar-refractivity contribution is -0.133. The van der Waals surface area contributed by atoms with Crippen LogP contribution in [0.4, 0.5) is 0 Å². The molecule has 2 N–H and O–H groups in total. The zero-order valence-corrected chi connectivity index (χ0v) is 12.4. The number of nitrogens with zero attached hydrogens (tertiary/aromatic N) is 1. The number of nitrogens with two attached hydrogens (primary N) is 1. The summed E-state index contributed by atoms with van der Waals surface area (Å²) in [6.07, 6.45) is 1.31. The highest BCUT2D eigenvalue weighted by Gasteiger charge is 2.27. The number of benzene rings is 1. The van der Waals surface area contributed by atoms with Gasteiger partial charge in [-0.15, -0.1) is 0 Å². The molecule has 1 atom stereocenters. The van der Waals surface area contributed by atoms with E-state index in [1.165, 1.54) is 0 Å². The van der Waals surface area contributed by atoms with Crippen molar-refractivity contribution in [3.8, 4) is 0 Å². The molecule has 5 heteroatoms. The maximum absolute atomic E-state index is 12.2. The van der Waals surface area contributed by atoms with Gasteiger partial charge in [0.15, 0.2) is 0 Å². The van der Waals surface area contributed by atoms with Gasteiger partial charge in [-0.3, -0.25) is 4.79 Å². The first-order valence-electron chi connectivity index (χ1n) is 6.55. The van der Waals surface area contributed by atoms with Crippen LogP contribution in [0.1, 0.15) is 24.4 Å². The van der Waals surface area contributed by atoms with Crippen LogP contribution in [-0.2, 0) is 4.79 Å². The van der Waals surface area contributed by atoms with Gasteiger partial charge in [-0.05, 0) is 30.7 Å². The molecule has 1 saturated heterocycles. The molecule has 1 aliphatic rings. The molecule has 2 rings (SSSR count). The van der Waals surface area contributed by atoms with Crippen LogP contribution in [0.5, 0.6) is 0 Å². The molecule has 1 aromatic carbocycles. The molecule has 1 fully saturated rings. The number of thioether (sulfide) groups is 1. The van der Waals surface area contributed by atoms with Crippen LogP contribution in [0, 0.1) is 0 Å². The Bertz CT molecular complexity index is 424. The van der Waals surface area contributed by atoms with Crippen LogP contribution in [0.2, 0.25) is 5.02 Å². The van der Waals surface area contributed by atoms with Crippen molar-refractivity contribution in [2.24, 2.45) is 5.73 Å². The molecule has 0 aliphatic carbocycles. The Balaban J connectivity index is 2.11. The smallest absolute Gasteiger partial charge is 0.223 e. The Morgan fingerprint density at radius 1 is 1.42 bits per heavy atom. The van der Waals surface area contributed by atoms with Crippen molar-refractivity contribution in [3.63, 3.8) is 0 Å². The first kappa shape index (κ1) is 14.7. The summed E-state index contributed by atoms with van der Waals surface area (Å²) < 4.78 is 0. The van der Waals surface area contributed by atoms with Crippen molar-refractivity contribution < 1.29 is 4.79 Å². The quantitative estimate of drug-likeness (QED) is 0.929. The van der Waals surface area contributed by atoms with Gasteiger partial charge in [-0.1, -0.05) is 23.7 Å². The Morgan fingerprint density at radius 2 is 2.16 bits per heavy atom. The predicted molar refractivity (Wildman–Crippen MR) is 81.5 cm³/mol. The fourth-order valence-corrected chi connectivity index (χ4v) is 3.47. The SMILES string of the molecule is NCCCC(=O)N1CCSCC1c1ccc(Cl)cc1. The van der Waals surface area contributed by atoms with Crippen molar-refractivity contribution in [3.05, 3.63) is 34.9 Å². The highest BCUT2D eigenvalue weighted by Crippen LogP contribution is 2.30. The molecule has 1 amide bonds. The van der Waals surface area contributed by atoms with Crippen molar-refractivity contribution >= 4 is 29.3 Å². The van der Waals surface area contributed by atoms with E-state index in [1.807, 2.05) is 40.9 Å². The number of hydrogen-bond donors (Lipinski definition) is 1. The van der Waals surface area contributed by atoms with Crippen LogP contribution < -0.4 is 5.73 Å². The van der Waals surface area contributed by atoms with Gasteiger partial charge < -0.3 is 10.6 Å². The molecule has 0 bridgehead atoms. The summed E-state index contributed by atoms with van der Waals surface area (Å²) in [6.45, 7) is 1.39. The van der Waals surface area contributed by atoms with Crippen LogP contribution in [0.3, 0.4) is 0 Å². The molecule has 0 saturated carbocycles. The highest BCUT2D eigenvalue weighted by molar-refractivity contribution is 7.99. The maximum atomic E-state index is 12.2. The van der Waals surface area contributed by atoms with Gasteiger partial charge in [0.25, 0.3) is 0 Å². The Hall–Kier alpha value is -0.710. The number of halogens is 1. The molecule has 104 valence electrons. The third kappa shape index (κ3) is 3.88. The van der Waals surface area contributed by atoms with E-state index < -0.39 is 0 Å². The minimum Gasteiger partial charge on any atom is -0.334 e. The van der Waals surface area contributed by atoms with E-state index in [9.17, 15) is 4.79 Å². The van der Waals surface area contributed by atoms with E-state index in [4.69, 9.17) is 17.3 Å². The lowest BCUT2D eigenvalue weighted by Crippen LogP contribution is -2.40. The molecule has 0 aromatic heterocycles. The molecular formula is C14H19ClN2OS. The number of carbonyl (C=O) groups excluding carboxylic acids is 1. The van der Waals surface area contributed by atoms with E-state index in [1.54, 1.807) is 0 Å². The van der Waals surface area contributed by atoms with Crippen LogP contribution in [0.25, 0.3) is 0 Å².